The fourth-order valence-corrected chi connectivity index (χ4v) is 2.17. The summed E-state index contributed by atoms with van der Waals surface area (Å²) in [7, 11) is 0. The predicted octanol–water partition coefficient (Wildman–Crippen LogP) is 1.98. The molecule has 18 heavy (non-hydrogen) atoms. The maximum absolute atomic E-state index is 10.8. The van der Waals surface area contributed by atoms with Gasteiger partial charge in [-0.15, -0.1) is 0 Å². The summed E-state index contributed by atoms with van der Waals surface area (Å²) in [5.74, 6) is 0.793. The van der Waals surface area contributed by atoms with Crippen molar-refractivity contribution in [3.63, 3.8) is 0 Å². The Hall–Kier alpha value is -2.17. The van der Waals surface area contributed by atoms with Gasteiger partial charge in [-0.2, -0.15) is 5.10 Å². The van der Waals surface area contributed by atoms with Crippen LogP contribution in [-0.4, -0.2) is 25.8 Å². The number of nitrogens with zero attached hydrogens (tertiary/aromatic N) is 3. The molecule has 0 unspecified atom stereocenters. The van der Waals surface area contributed by atoms with E-state index in [1.54, 1.807) is 24.3 Å². The van der Waals surface area contributed by atoms with Crippen molar-refractivity contribution in [1.29, 1.82) is 0 Å². The van der Waals surface area contributed by atoms with Crippen molar-refractivity contribution < 1.29 is 9.90 Å². The Morgan fingerprint density at radius 2 is 2.00 bits per heavy atom. The van der Waals surface area contributed by atoms with Crippen LogP contribution in [0.2, 0.25) is 0 Å². The molecule has 1 aromatic carbocycles. The molecule has 1 aromatic heterocycles. The van der Waals surface area contributed by atoms with Crippen LogP contribution >= 0.6 is 0 Å². The minimum Gasteiger partial charge on any atom is -0.478 e. The smallest absolute Gasteiger partial charge is 0.335 e. The molecular weight excluding hydrogens is 230 g/mol. The first kappa shape index (κ1) is 11.0. The Labute approximate surface area is 104 Å². The number of fused-ring (bicyclic) bond motifs is 1. The quantitative estimate of drug-likeness (QED) is 0.875. The van der Waals surface area contributed by atoms with Gasteiger partial charge in [-0.25, -0.2) is 14.5 Å². The molecule has 0 saturated carbocycles. The Balaban J connectivity index is 1.94. The Bertz CT molecular complexity index is 563. The fraction of sp³-hybridized carbons (Fsp3) is 0.308. The predicted molar refractivity (Wildman–Crippen MR) is 65.4 cm³/mol. The summed E-state index contributed by atoms with van der Waals surface area (Å²) in [6.45, 7) is 0.926. The van der Waals surface area contributed by atoms with E-state index in [0.717, 1.165) is 37.2 Å². The summed E-state index contributed by atoms with van der Waals surface area (Å²) in [6, 6.07) is 6.67. The monoisotopic (exact) mass is 243 g/mol. The molecule has 0 atom stereocenters. The fourth-order valence-electron chi connectivity index (χ4n) is 2.17. The summed E-state index contributed by atoms with van der Waals surface area (Å²) in [5.41, 5.74) is 1.14. The summed E-state index contributed by atoms with van der Waals surface area (Å²) in [4.78, 5) is 15.3. The van der Waals surface area contributed by atoms with E-state index in [1.165, 1.54) is 0 Å². The van der Waals surface area contributed by atoms with Crippen LogP contribution in [0.5, 0.6) is 0 Å². The molecule has 0 fully saturated rings. The van der Waals surface area contributed by atoms with Gasteiger partial charge in [0.05, 0.1) is 5.56 Å². The zero-order valence-corrected chi connectivity index (χ0v) is 9.83. The lowest BCUT2D eigenvalue weighted by Gasteiger charge is -2.09. The van der Waals surface area contributed by atoms with Gasteiger partial charge in [0, 0.05) is 18.5 Å². The summed E-state index contributed by atoms with van der Waals surface area (Å²) in [5, 5.41) is 13.3. The largest absolute Gasteiger partial charge is 0.478 e. The molecule has 1 N–H and O–H groups in total. The lowest BCUT2D eigenvalue weighted by molar-refractivity contribution is 0.0697. The minimum absolute atomic E-state index is 0.280. The van der Waals surface area contributed by atoms with E-state index in [2.05, 4.69) is 10.1 Å². The van der Waals surface area contributed by atoms with Gasteiger partial charge >= 0.3 is 5.97 Å². The number of carboxylic acid groups (broad SMARTS) is 1. The maximum atomic E-state index is 10.8. The van der Waals surface area contributed by atoms with Crippen LogP contribution in [0.1, 0.15) is 29.0 Å². The highest BCUT2D eigenvalue weighted by atomic mass is 16.4. The number of hydrogen-bond donors (Lipinski definition) is 1. The SMILES string of the molecule is O=C(O)c1ccc(-c2nc3n(n2)CCCC3)cc1. The van der Waals surface area contributed by atoms with E-state index >= 15 is 0 Å². The summed E-state index contributed by atoms with van der Waals surface area (Å²) >= 11 is 0. The number of carbonyl (C=O) groups is 1. The standard InChI is InChI=1S/C13H13N3O2/c17-13(18)10-6-4-9(5-7-10)12-14-11-3-1-2-8-16(11)15-12/h4-7H,1-3,8H2,(H,17,18). The maximum Gasteiger partial charge on any atom is 0.335 e. The third-order valence-electron chi connectivity index (χ3n) is 3.16. The second-order valence-corrected chi connectivity index (χ2v) is 4.41. The number of aryl methyl sites for hydroxylation is 2. The third-order valence-corrected chi connectivity index (χ3v) is 3.16. The van der Waals surface area contributed by atoms with Gasteiger partial charge < -0.3 is 5.11 Å². The molecule has 5 nitrogen and oxygen atoms in total. The Kier molecular flexibility index (Phi) is 2.59. The summed E-state index contributed by atoms with van der Waals surface area (Å²) in [6.07, 6.45) is 3.28. The lowest BCUT2D eigenvalue weighted by atomic mass is 10.1. The lowest BCUT2D eigenvalue weighted by Crippen LogP contribution is -2.11. The highest BCUT2D eigenvalue weighted by molar-refractivity contribution is 5.88. The number of carboxylic acids is 1. The summed E-state index contributed by atoms with van der Waals surface area (Å²) < 4.78 is 1.95. The van der Waals surface area contributed by atoms with Gasteiger partial charge in [-0.05, 0) is 25.0 Å². The second-order valence-electron chi connectivity index (χ2n) is 4.41. The molecule has 1 aliphatic heterocycles. The van der Waals surface area contributed by atoms with Crippen molar-refractivity contribution >= 4 is 5.97 Å². The molecule has 0 radical (unpaired) electrons. The molecule has 3 rings (SSSR count). The van der Waals surface area contributed by atoms with Gasteiger partial charge in [0.2, 0.25) is 0 Å². The van der Waals surface area contributed by atoms with Crippen LogP contribution < -0.4 is 0 Å². The van der Waals surface area contributed by atoms with Crippen molar-refractivity contribution in [2.24, 2.45) is 0 Å². The van der Waals surface area contributed by atoms with Crippen molar-refractivity contribution in [3.8, 4) is 11.4 Å². The van der Waals surface area contributed by atoms with Crippen LogP contribution in [0.4, 0.5) is 0 Å². The number of aromatic carboxylic acids is 1. The van der Waals surface area contributed by atoms with Gasteiger partial charge in [-0.1, -0.05) is 12.1 Å². The number of hydrogen-bond acceptors (Lipinski definition) is 3. The Morgan fingerprint density at radius 1 is 1.22 bits per heavy atom. The highest BCUT2D eigenvalue weighted by Crippen LogP contribution is 2.20. The number of rotatable bonds is 2. The highest BCUT2D eigenvalue weighted by Gasteiger charge is 2.15. The first-order valence-electron chi connectivity index (χ1n) is 6.01. The molecular formula is C13H13N3O2. The van der Waals surface area contributed by atoms with Crippen molar-refractivity contribution in [1.82, 2.24) is 14.8 Å². The van der Waals surface area contributed by atoms with Gasteiger partial charge in [-0.3, -0.25) is 0 Å². The average molecular weight is 243 g/mol. The van der Waals surface area contributed by atoms with Crippen molar-refractivity contribution in [2.75, 3.05) is 0 Å². The van der Waals surface area contributed by atoms with Gasteiger partial charge in [0.25, 0.3) is 0 Å². The van der Waals surface area contributed by atoms with Gasteiger partial charge in [0.1, 0.15) is 5.82 Å². The third kappa shape index (κ3) is 1.88. The first-order valence-corrected chi connectivity index (χ1v) is 6.01. The zero-order valence-electron chi connectivity index (χ0n) is 9.83. The number of benzene rings is 1. The molecule has 0 spiro atoms. The number of aromatic nitrogens is 3. The molecule has 0 amide bonds. The van der Waals surface area contributed by atoms with E-state index in [9.17, 15) is 4.79 Å². The van der Waals surface area contributed by atoms with Crippen LogP contribution in [0.25, 0.3) is 11.4 Å². The van der Waals surface area contributed by atoms with Crippen LogP contribution in [-0.2, 0) is 13.0 Å². The van der Waals surface area contributed by atoms with E-state index in [4.69, 9.17) is 5.11 Å². The van der Waals surface area contributed by atoms with E-state index in [0.29, 0.717) is 5.82 Å². The molecule has 92 valence electrons. The van der Waals surface area contributed by atoms with E-state index in [1.807, 2.05) is 4.68 Å². The molecule has 5 heteroatoms. The van der Waals surface area contributed by atoms with E-state index < -0.39 is 5.97 Å². The first-order chi connectivity index (χ1) is 8.74. The topological polar surface area (TPSA) is 68.0 Å². The molecule has 0 aliphatic carbocycles. The van der Waals surface area contributed by atoms with Crippen LogP contribution in [0, 0.1) is 0 Å². The second kappa shape index (κ2) is 4.25. The normalized spacial score (nSPS) is 14.2. The van der Waals surface area contributed by atoms with Crippen LogP contribution in [0.3, 0.4) is 0 Å². The van der Waals surface area contributed by atoms with E-state index in [-0.39, 0.29) is 5.56 Å². The van der Waals surface area contributed by atoms with Crippen LogP contribution in [0.15, 0.2) is 24.3 Å². The molecule has 0 saturated heterocycles. The molecule has 0 bridgehead atoms. The van der Waals surface area contributed by atoms with Crippen molar-refractivity contribution in [3.05, 3.63) is 35.7 Å². The Morgan fingerprint density at radius 3 is 2.67 bits per heavy atom. The molecule has 2 heterocycles. The minimum atomic E-state index is -0.918. The average Bonchev–Trinajstić information content (AvgIpc) is 2.82. The zero-order chi connectivity index (χ0) is 12.5. The molecule has 2 aromatic rings. The van der Waals surface area contributed by atoms with Crippen molar-refractivity contribution in [2.45, 2.75) is 25.8 Å². The molecule has 1 aliphatic rings. The van der Waals surface area contributed by atoms with Gasteiger partial charge in [0.15, 0.2) is 5.82 Å².